The van der Waals surface area contributed by atoms with E-state index in [-0.39, 0.29) is 6.04 Å². The van der Waals surface area contributed by atoms with Crippen LogP contribution < -0.4 is 0 Å². The highest BCUT2D eigenvalue weighted by atomic mass is 35.5. The van der Waals surface area contributed by atoms with Crippen molar-refractivity contribution >= 4 is 34.2 Å². The minimum absolute atomic E-state index is 0.161. The summed E-state index contributed by atoms with van der Waals surface area (Å²) in [4.78, 5) is 4.60. The third kappa shape index (κ3) is 2.30. The maximum Gasteiger partial charge on any atom is 0.125 e. The van der Waals surface area contributed by atoms with Crippen LogP contribution in [-0.2, 0) is 5.88 Å². The van der Waals surface area contributed by atoms with Crippen molar-refractivity contribution in [1.29, 1.82) is 0 Å². The molecule has 20 heavy (non-hydrogen) atoms. The second kappa shape index (κ2) is 5.47. The lowest BCUT2D eigenvalue weighted by atomic mass is 10.1. The maximum atomic E-state index is 6.06. The summed E-state index contributed by atoms with van der Waals surface area (Å²) in [7, 11) is 0. The highest BCUT2D eigenvalue weighted by molar-refractivity contribution is 6.30. The summed E-state index contributed by atoms with van der Waals surface area (Å²) in [6.07, 6.45) is 0. The molecular formula is C16H14Cl2N2. The number of para-hydroxylation sites is 2. The minimum atomic E-state index is 0.161. The van der Waals surface area contributed by atoms with E-state index in [1.807, 2.05) is 42.5 Å². The Morgan fingerprint density at radius 2 is 1.80 bits per heavy atom. The molecule has 0 aliphatic heterocycles. The zero-order valence-corrected chi connectivity index (χ0v) is 12.6. The highest BCUT2D eigenvalue weighted by Crippen LogP contribution is 2.27. The number of hydrogen-bond acceptors (Lipinski definition) is 1. The van der Waals surface area contributed by atoms with Crippen LogP contribution >= 0.6 is 23.2 Å². The molecule has 0 saturated heterocycles. The molecule has 3 rings (SSSR count). The molecule has 0 radical (unpaired) electrons. The molecule has 1 aromatic heterocycles. The third-order valence-corrected chi connectivity index (χ3v) is 4.02. The molecule has 0 bridgehead atoms. The lowest BCUT2D eigenvalue weighted by Gasteiger charge is -2.17. The number of aromatic nitrogens is 2. The van der Waals surface area contributed by atoms with Crippen molar-refractivity contribution in [2.75, 3.05) is 0 Å². The minimum Gasteiger partial charge on any atom is -0.320 e. The fraction of sp³-hybridized carbons (Fsp3) is 0.188. The Morgan fingerprint density at radius 3 is 2.50 bits per heavy atom. The third-order valence-electron chi connectivity index (χ3n) is 3.53. The fourth-order valence-corrected chi connectivity index (χ4v) is 2.83. The molecule has 102 valence electrons. The van der Waals surface area contributed by atoms with Crippen molar-refractivity contribution in [1.82, 2.24) is 9.55 Å². The van der Waals surface area contributed by atoms with Gasteiger partial charge in [0.15, 0.2) is 0 Å². The van der Waals surface area contributed by atoms with Crippen LogP contribution in [0.3, 0.4) is 0 Å². The average Bonchev–Trinajstić information content (AvgIpc) is 2.85. The molecule has 1 unspecified atom stereocenters. The van der Waals surface area contributed by atoms with Crippen LogP contribution in [0.4, 0.5) is 0 Å². The number of nitrogens with zero attached hydrogens (tertiary/aromatic N) is 2. The number of alkyl halides is 1. The monoisotopic (exact) mass is 304 g/mol. The zero-order valence-electron chi connectivity index (χ0n) is 11.1. The predicted molar refractivity (Wildman–Crippen MR) is 84.6 cm³/mol. The first kappa shape index (κ1) is 13.5. The van der Waals surface area contributed by atoms with Crippen molar-refractivity contribution in [3.8, 4) is 0 Å². The Labute approximate surface area is 128 Å². The summed E-state index contributed by atoms with van der Waals surface area (Å²) in [6.45, 7) is 2.15. The van der Waals surface area contributed by atoms with Gasteiger partial charge in [0.05, 0.1) is 23.0 Å². The number of rotatable bonds is 3. The topological polar surface area (TPSA) is 17.8 Å². The number of hydrogen-bond donors (Lipinski definition) is 0. The van der Waals surface area contributed by atoms with Gasteiger partial charge in [-0.25, -0.2) is 4.98 Å². The van der Waals surface area contributed by atoms with Gasteiger partial charge in [-0.3, -0.25) is 0 Å². The first-order chi connectivity index (χ1) is 9.70. The van der Waals surface area contributed by atoms with E-state index in [4.69, 9.17) is 23.2 Å². The second-order valence-corrected chi connectivity index (χ2v) is 5.45. The van der Waals surface area contributed by atoms with Crippen LogP contribution in [-0.4, -0.2) is 9.55 Å². The van der Waals surface area contributed by atoms with Gasteiger partial charge in [0.2, 0.25) is 0 Å². The van der Waals surface area contributed by atoms with E-state index < -0.39 is 0 Å². The van der Waals surface area contributed by atoms with Crippen LogP contribution in [0.5, 0.6) is 0 Å². The van der Waals surface area contributed by atoms with E-state index >= 15 is 0 Å². The van der Waals surface area contributed by atoms with Crippen molar-refractivity contribution in [3.05, 3.63) is 64.9 Å². The van der Waals surface area contributed by atoms with Gasteiger partial charge in [-0.05, 0) is 36.8 Å². The molecular weight excluding hydrogens is 291 g/mol. The number of benzene rings is 2. The molecule has 1 atom stereocenters. The van der Waals surface area contributed by atoms with E-state index in [0.29, 0.717) is 5.88 Å². The van der Waals surface area contributed by atoms with Gasteiger partial charge in [-0.2, -0.15) is 0 Å². The van der Waals surface area contributed by atoms with Crippen molar-refractivity contribution < 1.29 is 0 Å². The van der Waals surface area contributed by atoms with Gasteiger partial charge in [0, 0.05) is 5.02 Å². The quantitative estimate of drug-likeness (QED) is 0.620. The van der Waals surface area contributed by atoms with Gasteiger partial charge in [-0.1, -0.05) is 35.9 Å². The molecule has 0 spiro atoms. The highest BCUT2D eigenvalue weighted by Gasteiger charge is 2.16. The van der Waals surface area contributed by atoms with E-state index in [1.165, 1.54) is 5.56 Å². The molecule has 0 amide bonds. The zero-order chi connectivity index (χ0) is 14.1. The molecule has 0 N–H and O–H groups in total. The van der Waals surface area contributed by atoms with E-state index in [1.54, 1.807) is 0 Å². The SMILES string of the molecule is CC(c1ccc(Cl)cc1)n1c(CCl)nc2ccccc21. The van der Waals surface area contributed by atoms with Crippen LogP contribution in [0.2, 0.25) is 5.02 Å². The van der Waals surface area contributed by atoms with E-state index in [2.05, 4.69) is 22.5 Å². The van der Waals surface area contributed by atoms with Crippen molar-refractivity contribution in [2.24, 2.45) is 0 Å². The summed E-state index contributed by atoms with van der Waals surface area (Å²) in [5.41, 5.74) is 3.26. The van der Waals surface area contributed by atoms with Crippen molar-refractivity contribution in [3.63, 3.8) is 0 Å². The molecule has 0 fully saturated rings. The lowest BCUT2D eigenvalue weighted by Crippen LogP contribution is -2.09. The lowest BCUT2D eigenvalue weighted by molar-refractivity contribution is 0.634. The number of fused-ring (bicyclic) bond motifs is 1. The van der Waals surface area contributed by atoms with Gasteiger partial charge >= 0.3 is 0 Å². The van der Waals surface area contributed by atoms with Gasteiger partial charge < -0.3 is 4.57 Å². The summed E-state index contributed by atoms with van der Waals surface area (Å²) in [5.74, 6) is 1.28. The standard InChI is InChI=1S/C16H14Cl2N2/c1-11(12-6-8-13(18)9-7-12)20-15-5-3-2-4-14(15)19-16(20)10-17/h2-9,11H,10H2,1H3. The van der Waals surface area contributed by atoms with Crippen LogP contribution in [0.1, 0.15) is 24.4 Å². The number of halogens is 2. The first-order valence-corrected chi connectivity index (χ1v) is 7.39. The first-order valence-electron chi connectivity index (χ1n) is 6.48. The number of imidazole rings is 1. The van der Waals surface area contributed by atoms with Gasteiger partial charge in [-0.15, -0.1) is 11.6 Å². The van der Waals surface area contributed by atoms with E-state index in [9.17, 15) is 0 Å². The normalized spacial score (nSPS) is 12.8. The molecule has 2 aromatic carbocycles. The summed E-state index contributed by atoms with van der Waals surface area (Å²) < 4.78 is 2.19. The van der Waals surface area contributed by atoms with Crippen LogP contribution in [0.25, 0.3) is 11.0 Å². The predicted octanol–water partition coefficient (Wildman–Crippen LogP) is 5.04. The average molecular weight is 305 g/mol. The molecule has 0 aliphatic rings. The Bertz CT molecular complexity index is 732. The molecule has 0 aliphatic carbocycles. The summed E-state index contributed by atoms with van der Waals surface area (Å²) >= 11 is 12.0. The van der Waals surface area contributed by atoms with Gasteiger partial charge in [0.1, 0.15) is 5.82 Å². The van der Waals surface area contributed by atoms with Crippen LogP contribution in [0.15, 0.2) is 48.5 Å². The Morgan fingerprint density at radius 1 is 1.10 bits per heavy atom. The smallest absolute Gasteiger partial charge is 0.125 e. The maximum absolute atomic E-state index is 6.06. The Balaban J connectivity index is 2.15. The molecule has 4 heteroatoms. The molecule has 2 nitrogen and oxygen atoms in total. The largest absolute Gasteiger partial charge is 0.320 e. The fourth-order valence-electron chi connectivity index (χ4n) is 2.51. The summed E-state index contributed by atoms with van der Waals surface area (Å²) in [5, 5.41) is 0.744. The molecule has 3 aromatic rings. The van der Waals surface area contributed by atoms with E-state index in [0.717, 1.165) is 21.9 Å². The van der Waals surface area contributed by atoms with Crippen LogP contribution in [0, 0.1) is 0 Å². The Hall–Kier alpha value is -1.51. The molecule has 0 saturated carbocycles. The summed E-state index contributed by atoms with van der Waals surface area (Å²) in [6, 6.07) is 16.2. The van der Waals surface area contributed by atoms with Gasteiger partial charge in [0.25, 0.3) is 0 Å². The Kier molecular flexibility index (Phi) is 3.68. The van der Waals surface area contributed by atoms with Crippen molar-refractivity contribution in [2.45, 2.75) is 18.8 Å². The second-order valence-electron chi connectivity index (χ2n) is 4.75. The molecule has 1 heterocycles.